The van der Waals surface area contributed by atoms with Crippen LogP contribution < -0.4 is 5.32 Å². The van der Waals surface area contributed by atoms with Crippen molar-refractivity contribution in [1.29, 1.82) is 0 Å². The number of ketones is 1. The highest BCUT2D eigenvalue weighted by Crippen LogP contribution is 2.19. The number of H-pyrrole nitrogens is 1. The molecule has 2 rings (SSSR count). The molecule has 0 fully saturated rings. The lowest BCUT2D eigenvalue weighted by atomic mass is 10.1. The summed E-state index contributed by atoms with van der Waals surface area (Å²) in [5, 5.41) is 4.07. The Hall–Kier alpha value is -1.61. The van der Waals surface area contributed by atoms with Crippen molar-refractivity contribution in [3.8, 4) is 0 Å². The van der Waals surface area contributed by atoms with Gasteiger partial charge in [0.25, 0.3) is 0 Å². The van der Waals surface area contributed by atoms with Crippen LogP contribution in [-0.4, -0.2) is 23.9 Å². The Morgan fingerprint density at radius 2 is 2.25 bits per heavy atom. The summed E-state index contributed by atoms with van der Waals surface area (Å²) in [6, 6.07) is 6.09. The molecule has 0 aliphatic carbocycles. The van der Waals surface area contributed by atoms with E-state index in [1.165, 1.54) is 5.56 Å². The summed E-state index contributed by atoms with van der Waals surface area (Å²) in [4.78, 5) is 15.0. The maximum absolute atomic E-state index is 11.9. The molecule has 2 aromatic rings. The lowest BCUT2D eigenvalue weighted by Crippen LogP contribution is -2.22. The van der Waals surface area contributed by atoms with Crippen LogP contribution >= 0.6 is 0 Å². The first kappa shape index (κ1) is 10.9. The molecule has 0 saturated carbocycles. The predicted molar refractivity (Wildman–Crippen MR) is 65.9 cm³/mol. The average molecular weight is 216 g/mol. The Bertz CT molecular complexity index is 514. The van der Waals surface area contributed by atoms with Crippen LogP contribution in [0.1, 0.15) is 22.8 Å². The van der Waals surface area contributed by atoms with Crippen LogP contribution in [0.15, 0.2) is 24.4 Å². The normalized spacial score (nSPS) is 10.9. The first-order chi connectivity index (χ1) is 7.72. The highest BCUT2D eigenvalue weighted by Gasteiger charge is 2.11. The van der Waals surface area contributed by atoms with Crippen molar-refractivity contribution < 1.29 is 4.79 Å². The zero-order valence-corrected chi connectivity index (χ0v) is 9.63. The maximum atomic E-state index is 11.9. The molecule has 1 heterocycles. The molecular weight excluding hydrogens is 200 g/mol. The zero-order valence-electron chi connectivity index (χ0n) is 9.63. The van der Waals surface area contributed by atoms with Gasteiger partial charge in [0, 0.05) is 22.7 Å². The third-order valence-electron chi connectivity index (χ3n) is 2.67. The highest BCUT2D eigenvalue weighted by atomic mass is 16.1. The number of hydrogen-bond acceptors (Lipinski definition) is 2. The van der Waals surface area contributed by atoms with Gasteiger partial charge < -0.3 is 10.3 Å². The van der Waals surface area contributed by atoms with E-state index in [-0.39, 0.29) is 5.78 Å². The minimum Gasteiger partial charge on any atom is -0.360 e. The highest BCUT2D eigenvalue weighted by molar-refractivity contribution is 6.08. The van der Waals surface area contributed by atoms with Crippen molar-refractivity contribution in [3.05, 3.63) is 35.5 Å². The molecule has 0 radical (unpaired) electrons. The van der Waals surface area contributed by atoms with Gasteiger partial charge >= 0.3 is 0 Å². The van der Waals surface area contributed by atoms with Crippen LogP contribution in [0.2, 0.25) is 0 Å². The first-order valence-electron chi connectivity index (χ1n) is 5.54. The summed E-state index contributed by atoms with van der Waals surface area (Å²) < 4.78 is 0. The number of aryl methyl sites for hydroxylation is 1. The summed E-state index contributed by atoms with van der Waals surface area (Å²) >= 11 is 0. The number of aromatic amines is 1. The monoisotopic (exact) mass is 216 g/mol. The fourth-order valence-corrected chi connectivity index (χ4v) is 1.80. The number of fused-ring (bicyclic) bond motifs is 1. The van der Waals surface area contributed by atoms with Crippen LogP contribution in [-0.2, 0) is 0 Å². The molecule has 0 saturated heterocycles. The van der Waals surface area contributed by atoms with Crippen LogP contribution in [0.3, 0.4) is 0 Å². The van der Waals surface area contributed by atoms with Crippen LogP contribution in [0.25, 0.3) is 10.9 Å². The van der Waals surface area contributed by atoms with Gasteiger partial charge in [-0.05, 0) is 25.6 Å². The quantitative estimate of drug-likeness (QED) is 0.770. The summed E-state index contributed by atoms with van der Waals surface area (Å²) in [5.41, 5.74) is 2.97. The van der Waals surface area contributed by atoms with E-state index in [9.17, 15) is 4.79 Å². The van der Waals surface area contributed by atoms with Crippen molar-refractivity contribution in [1.82, 2.24) is 10.3 Å². The van der Waals surface area contributed by atoms with E-state index < -0.39 is 0 Å². The number of rotatable bonds is 4. The molecule has 0 spiro atoms. The second-order valence-corrected chi connectivity index (χ2v) is 3.95. The topological polar surface area (TPSA) is 44.9 Å². The SMILES string of the molecule is CCNCC(=O)c1c[nH]c2ccc(C)cc12. The van der Waals surface area contributed by atoms with Crippen molar-refractivity contribution >= 4 is 16.7 Å². The van der Waals surface area contributed by atoms with Crippen LogP contribution in [0.5, 0.6) is 0 Å². The van der Waals surface area contributed by atoms with Crippen molar-refractivity contribution in [2.75, 3.05) is 13.1 Å². The number of nitrogens with one attached hydrogen (secondary N) is 2. The number of hydrogen-bond donors (Lipinski definition) is 2. The molecule has 16 heavy (non-hydrogen) atoms. The lowest BCUT2D eigenvalue weighted by Gasteiger charge is -2.00. The second-order valence-electron chi connectivity index (χ2n) is 3.95. The molecule has 0 atom stereocenters. The summed E-state index contributed by atoms with van der Waals surface area (Å²) in [6.45, 7) is 5.24. The molecule has 0 unspecified atom stereocenters. The Balaban J connectivity index is 2.37. The number of aromatic nitrogens is 1. The Labute approximate surface area is 94.9 Å². The van der Waals surface area contributed by atoms with E-state index >= 15 is 0 Å². The molecular formula is C13H16N2O. The van der Waals surface area contributed by atoms with Crippen molar-refractivity contribution in [3.63, 3.8) is 0 Å². The van der Waals surface area contributed by atoms with Gasteiger partial charge in [-0.2, -0.15) is 0 Å². The fourth-order valence-electron chi connectivity index (χ4n) is 1.80. The third-order valence-corrected chi connectivity index (χ3v) is 2.67. The first-order valence-corrected chi connectivity index (χ1v) is 5.54. The van der Waals surface area contributed by atoms with Gasteiger partial charge in [0.05, 0.1) is 6.54 Å². The number of Topliss-reactive ketones (excluding diaryl/α,β-unsaturated/α-hetero) is 1. The summed E-state index contributed by atoms with van der Waals surface area (Å²) in [6.07, 6.45) is 1.80. The molecule has 3 heteroatoms. The average Bonchev–Trinajstić information content (AvgIpc) is 2.68. The molecule has 2 N–H and O–H groups in total. The fraction of sp³-hybridized carbons (Fsp3) is 0.308. The van der Waals surface area contributed by atoms with Gasteiger partial charge in [0.1, 0.15) is 0 Å². The molecule has 0 aliphatic rings. The van der Waals surface area contributed by atoms with E-state index in [4.69, 9.17) is 0 Å². The van der Waals surface area contributed by atoms with E-state index in [1.807, 2.05) is 32.0 Å². The minimum atomic E-state index is 0.138. The Kier molecular flexibility index (Phi) is 3.06. The van der Waals surface area contributed by atoms with Gasteiger partial charge in [-0.1, -0.05) is 18.6 Å². The van der Waals surface area contributed by atoms with E-state index in [0.717, 1.165) is 23.0 Å². The molecule has 3 nitrogen and oxygen atoms in total. The lowest BCUT2D eigenvalue weighted by molar-refractivity contribution is 0.0993. The molecule has 0 aliphatic heterocycles. The van der Waals surface area contributed by atoms with Crippen molar-refractivity contribution in [2.24, 2.45) is 0 Å². The second kappa shape index (κ2) is 4.49. The van der Waals surface area contributed by atoms with Gasteiger partial charge in [-0.15, -0.1) is 0 Å². The zero-order chi connectivity index (χ0) is 11.5. The summed E-state index contributed by atoms with van der Waals surface area (Å²) in [5.74, 6) is 0.138. The number of likely N-dealkylation sites (N-methyl/N-ethyl adjacent to an activating group) is 1. The van der Waals surface area contributed by atoms with Gasteiger partial charge in [-0.25, -0.2) is 0 Å². The van der Waals surface area contributed by atoms with E-state index in [1.54, 1.807) is 6.20 Å². The van der Waals surface area contributed by atoms with Crippen molar-refractivity contribution in [2.45, 2.75) is 13.8 Å². The van der Waals surface area contributed by atoms with Gasteiger partial charge in [0.15, 0.2) is 5.78 Å². The minimum absolute atomic E-state index is 0.138. The van der Waals surface area contributed by atoms with Gasteiger partial charge in [0.2, 0.25) is 0 Å². The number of carbonyl (C=O) groups excluding carboxylic acids is 1. The number of carbonyl (C=O) groups is 1. The third kappa shape index (κ3) is 1.99. The van der Waals surface area contributed by atoms with Gasteiger partial charge in [-0.3, -0.25) is 4.79 Å². The smallest absolute Gasteiger partial charge is 0.178 e. The number of benzene rings is 1. The Morgan fingerprint density at radius 3 is 3.00 bits per heavy atom. The summed E-state index contributed by atoms with van der Waals surface area (Å²) in [7, 11) is 0. The maximum Gasteiger partial charge on any atom is 0.178 e. The molecule has 0 bridgehead atoms. The standard InChI is InChI=1S/C13H16N2O/c1-3-14-8-13(16)11-7-15-12-5-4-9(2)6-10(11)12/h4-7,14-15H,3,8H2,1-2H3. The van der Waals surface area contributed by atoms with E-state index in [2.05, 4.69) is 10.3 Å². The molecule has 0 amide bonds. The van der Waals surface area contributed by atoms with Crippen LogP contribution in [0, 0.1) is 6.92 Å². The van der Waals surface area contributed by atoms with E-state index in [0.29, 0.717) is 6.54 Å². The molecule has 1 aromatic heterocycles. The predicted octanol–water partition coefficient (Wildman–Crippen LogP) is 2.27. The molecule has 1 aromatic carbocycles. The van der Waals surface area contributed by atoms with Crippen LogP contribution in [0.4, 0.5) is 0 Å². The Morgan fingerprint density at radius 1 is 1.44 bits per heavy atom. The molecule has 84 valence electrons. The largest absolute Gasteiger partial charge is 0.360 e.